The van der Waals surface area contributed by atoms with Crippen molar-refractivity contribution in [2.45, 2.75) is 6.54 Å². The van der Waals surface area contributed by atoms with Crippen LogP contribution in [0.25, 0.3) is 0 Å². The van der Waals surface area contributed by atoms with Gasteiger partial charge >= 0.3 is 0 Å². The Morgan fingerprint density at radius 1 is 1.12 bits per heavy atom. The van der Waals surface area contributed by atoms with E-state index >= 15 is 0 Å². The van der Waals surface area contributed by atoms with Gasteiger partial charge in [0.2, 0.25) is 0 Å². The van der Waals surface area contributed by atoms with Gasteiger partial charge in [-0.3, -0.25) is 0 Å². The van der Waals surface area contributed by atoms with Crippen molar-refractivity contribution in [1.82, 2.24) is 0 Å². The molecule has 0 saturated carbocycles. The van der Waals surface area contributed by atoms with Crippen LogP contribution < -0.4 is 11.1 Å². The molecule has 4 heteroatoms. The van der Waals surface area contributed by atoms with E-state index in [0.717, 1.165) is 20.7 Å². The van der Waals surface area contributed by atoms with Crippen molar-refractivity contribution in [3.63, 3.8) is 0 Å². The summed E-state index contributed by atoms with van der Waals surface area (Å²) in [7, 11) is 0. The first-order valence-corrected chi connectivity index (χ1v) is 6.37. The van der Waals surface area contributed by atoms with Gasteiger partial charge in [0, 0.05) is 16.0 Å². The average molecular weight is 312 g/mol. The zero-order chi connectivity index (χ0) is 12.3. The van der Waals surface area contributed by atoms with Gasteiger partial charge in [-0.1, -0.05) is 35.9 Å². The van der Waals surface area contributed by atoms with E-state index in [0.29, 0.717) is 12.2 Å². The highest BCUT2D eigenvalue weighted by molar-refractivity contribution is 9.10. The van der Waals surface area contributed by atoms with E-state index in [1.54, 1.807) is 0 Å². The minimum Gasteiger partial charge on any atom is -0.396 e. The number of rotatable bonds is 3. The predicted molar refractivity (Wildman–Crippen MR) is 77.3 cm³/mol. The molecular weight excluding hydrogens is 300 g/mol. The van der Waals surface area contributed by atoms with Gasteiger partial charge in [-0.15, -0.1) is 0 Å². The van der Waals surface area contributed by atoms with Crippen molar-refractivity contribution in [2.24, 2.45) is 0 Å². The normalized spacial score (nSPS) is 10.2. The maximum absolute atomic E-state index is 6.08. The fourth-order valence-corrected chi connectivity index (χ4v) is 2.09. The number of hydrogen-bond donors (Lipinski definition) is 2. The highest BCUT2D eigenvalue weighted by Gasteiger charge is 2.03. The van der Waals surface area contributed by atoms with Crippen molar-refractivity contribution in [3.05, 3.63) is 57.5 Å². The first-order valence-electron chi connectivity index (χ1n) is 5.20. The molecule has 2 aromatic rings. The van der Waals surface area contributed by atoms with Crippen LogP contribution in [0.1, 0.15) is 5.56 Å². The molecule has 0 bridgehead atoms. The van der Waals surface area contributed by atoms with Crippen LogP contribution in [-0.2, 0) is 6.54 Å². The van der Waals surface area contributed by atoms with Crippen LogP contribution in [0.2, 0.25) is 5.02 Å². The molecule has 2 rings (SSSR count). The van der Waals surface area contributed by atoms with Gasteiger partial charge in [0.15, 0.2) is 0 Å². The maximum atomic E-state index is 6.08. The Kier molecular flexibility index (Phi) is 3.92. The fraction of sp³-hybridized carbons (Fsp3) is 0.0769. The minimum atomic E-state index is 0.653. The maximum Gasteiger partial charge on any atom is 0.0694 e. The summed E-state index contributed by atoms with van der Waals surface area (Å²) in [5, 5.41) is 4.03. The Morgan fingerprint density at radius 3 is 2.65 bits per heavy atom. The number of para-hydroxylation sites is 1. The summed E-state index contributed by atoms with van der Waals surface area (Å²) in [6.45, 7) is 0.653. The highest BCUT2D eigenvalue weighted by atomic mass is 79.9. The lowest BCUT2D eigenvalue weighted by molar-refractivity contribution is 1.15. The van der Waals surface area contributed by atoms with E-state index in [1.165, 1.54) is 0 Å². The molecule has 0 saturated heterocycles. The SMILES string of the molecule is Nc1c(Br)cccc1NCc1ccccc1Cl. The molecule has 0 heterocycles. The lowest BCUT2D eigenvalue weighted by atomic mass is 10.2. The van der Waals surface area contributed by atoms with E-state index in [4.69, 9.17) is 17.3 Å². The van der Waals surface area contributed by atoms with Crippen molar-refractivity contribution in [1.29, 1.82) is 0 Å². The van der Waals surface area contributed by atoms with E-state index < -0.39 is 0 Å². The molecule has 0 aliphatic rings. The molecule has 0 aliphatic carbocycles. The van der Waals surface area contributed by atoms with E-state index in [-0.39, 0.29) is 0 Å². The lowest BCUT2D eigenvalue weighted by Crippen LogP contribution is -2.03. The molecule has 0 radical (unpaired) electrons. The summed E-state index contributed by atoms with van der Waals surface area (Å²) in [4.78, 5) is 0. The second-order valence-corrected chi connectivity index (χ2v) is 4.91. The third kappa shape index (κ3) is 2.93. The van der Waals surface area contributed by atoms with Crippen molar-refractivity contribution >= 4 is 38.9 Å². The Morgan fingerprint density at radius 2 is 1.88 bits per heavy atom. The van der Waals surface area contributed by atoms with Crippen LogP contribution >= 0.6 is 27.5 Å². The summed E-state index contributed by atoms with van der Waals surface area (Å²) < 4.78 is 0.890. The molecule has 2 aromatic carbocycles. The van der Waals surface area contributed by atoms with Crippen LogP contribution in [-0.4, -0.2) is 0 Å². The van der Waals surface area contributed by atoms with Gasteiger partial charge in [-0.2, -0.15) is 0 Å². The summed E-state index contributed by atoms with van der Waals surface area (Å²) in [5.74, 6) is 0. The zero-order valence-corrected chi connectivity index (χ0v) is 11.4. The number of nitrogens with two attached hydrogens (primary N) is 1. The first kappa shape index (κ1) is 12.3. The molecule has 0 amide bonds. The third-order valence-corrected chi connectivity index (χ3v) is 3.54. The molecule has 2 nitrogen and oxygen atoms in total. The molecule has 0 spiro atoms. The lowest BCUT2D eigenvalue weighted by Gasteiger charge is -2.11. The number of nitrogen functional groups attached to an aromatic ring is 1. The number of halogens is 2. The number of anilines is 2. The summed E-state index contributed by atoms with van der Waals surface area (Å²) in [5.41, 5.74) is 8.60. The second kappa shape index (κ2) is 5.43. The van der Waals surface area contributed by atoms with Crippen LogP contribution in [0.3, 0.4) is 0 Å². The molecule has 0 unspecified atom stereocenters. The molecule has 0 fully saturated rings. The molecule has 88 valence electrons. The smallest absolute Gasteiger partial charge is 0.0694 e. The predicted octanol–water partition coefficient (Wildman–Crippen LogP) is 4.30. The average Bonchev–Trinajstić information content (AvgIpc) is 2.33. The van der Waals surface area contributed by atoms with E-state index in [9.17, 15) is 0 Å². The van der Waals surface area contributed by atoms with Gasteiger partial charge in [-0.25, -0.2) is 0 Å². The molecule has 17 heavy (non-hydrogen) atoms. The standard InChI is InChI=1S/C13H12BrClN2/c14-10-5-3-7-12(13(10)16)17-8-9-4-1-2-6-11(9)15/h1-7,17H,8,16H2. The molecule has 0 aliphatic heterocycles. The third-order valence-electron chi connectivity index (χ3n) is 2.48. The van der Waals surface area contributed by atoms with Gasteiger partial charge in [0.25, 0.3) is 0 Å². The van der Waals surface area contributed by atoms with Crippen molar-refractivity contribution < 1.29 is 0 Å². The Labute approximate surface area is 114 Å². The fourth-order valence-electron chi connectivity index (χ4n) is 1.52. The van der Waals surface area contributed by atoms with Crippen molar-refractivity contribution in [3.8, 4) is 0 Å². The molecular formula is C13H12BrClN2. The number of benzene rings is 2. The van der Waals surface area contributed by atoms with Gasteiger partial charge in [0.1, 0.15) is 0 Å². The Balaban J connectivity index is 2.13. The second-order valence-electron chi connectivity index (χ2n) is 3.65. The van der Waals surface area contributed by atoms with Crippen LogP contribution in [0.15, 0.2) is 46.9 Å². The molecule has 3 N–H and O–H groups in total. The van der Waals surface area contributed by atoms with Crippen molar-refractivity contribution in [2.75, 3.05) is 11.1 Å². The van der Waals surface area contributed by atoms with Gasteiger partial charge in [-0.05, 0) is 39.7 Å². The Hall–Kier alpha value is -1.19. The minimum absolute atomic E-state index is 0.653. The topological polar surface area (TPSA) is 38.0 Å². The van der Waals surface area contributed by atoms with Gasteiger partial charge in [0.05, 0.1) is 11.4 Å². The number of hydrogen-bond acceptors (Lipinski definition) is 2. The summed E-state index contributed by atoms with van der Waals surface area (Å²) in [6, 6.07) is 13.5. The van der Waals surface area contributed by atoms with Crippen LogP contribution in [0.4, 0.5) is 11.4 Å². The number of nitrogens with one attached hydrogen (secondary N) is 1. The monoisotopic (exact) mass is 310 g/mol. The quantitative estimate of drug-likeness (QED) is 0.830. The first-order chi connectivity index (χ1) is 8.18. The van der Waals surface area contributed by atoms with Crippen LogP contribution in [0, 0.1) is 0 Å². The Bertz CT molecular complexity index is 529. The largest absolute Gasteiger partial charge is 0.396 e. The summed E-state index contributed by atoms with van der Waals surface area (Å²) in [6.07, 6.45) is 0. The molecule has 0 aromatic heterocycles. The highest BCUT2D eigenvalue weighted by Crippen LogP contribution is 2.28. The van der Waals surface area contributed by atoms with Crippen LogP contribution in [0.5, 0.6) is 0 Å². The zero-order valence-electron chi connectivity index (χ0n) is 9.08. The van der Waals surface area contributed by atoms with E-state index in [2.05, 4.69) is 21.2 Å². The molecule has 0 atom stereocenters. The van der Waals surface area contributed by atoms with Gasteiger partial charge < -0.3 is 11.1 Å². The van der Waals surface area contributed by atoms with E-state index in [1.807, 2.05) is 42.5 Å². The summed E-state index contributed by atoms with van der Waals surface area (Å²) >= 11 is 9.48.